The van der Waals surface area contributed by atoms with Gasteiger partial charge in [0, 0.05) is 35.6 Å². The van der Waals surface area contributed by atoms with Crippen LogP contribution in [0.1, 0.15) is 17.0 Å². The summed E-state index contributed by atoms with van der Waals surface area (Å²) in [6, 6.07) is 7.80. The minimum absolute atomic E-state index is 0.0922. The highest BCUT2D eigenvalue weighted by atomic mass is 32.2. The Labute approximate surface area is 151 Å². The molecule has 2 heterocycles. The van der Waals surface area contributed by atoms with Crippen molar-refractivity contribution >= 4 is 17.7 Å². The van der Waals surface area contributed by atoms with E-state index < -0.39 is 6.10 Å². The van der Waals surface area contributed by atoms with Crippen LogP contribution in [0.5, 0.6) is 5.75 Å². The summed E-state index contributed by atoms with van der Waals surface area (Å²) in [5.41, 5.74) is 3.03. The van der Waals surface area contributed by atoms with E-state index in [2.05, 4.69) is 10.4 Å². The van der Waals surface area contributed by atoms with E-state index in [1.807, 2.05) is 42.8 Å². The second-order valence-electron chi connectivity index (χ2n) is 5.95. The molecule has 0 saturated carbocycles. The summed E-state index contributed by atoms with van der Waals surface area (Å²) in [6.45, 7) is 5.74. The summed E-state index contributed by atoms with van der Waals surface area (Å²) in [4.78, 5) is 13.6. The number of benzene rings is 1. The second-order valence-corrected chi connectivity index (χ2v) is 7.01. The topological polar surface area (TPSA) is 65.4 Å². The lowest BCUT2D eigenvalue weighted by Gasteiger charge is -2.24. The number of hydrogen-bond donors (Lipinski definition) is 1. The molecule has 1 aromatic heterocycles. The van der Waals surface area contributed by atoms with Crippen molar-refractivity contribution in [3.05, 3.63) is 41.2 Å². The number of methoxy groups -OCH3 is 1. The van der Waals surface area contributed by atoms with Crippen LogP contribution in [-0.2, 0) is 22.6 Å². The van der Waals surface area contributed by atoms with Crippen LogP contribution in [0.3, 0.4) is 0 Å². The van der Waals surface area contributed by atoms with Crippen molar-refractivity contribution in [1.29, 1.82) is 0 Å². The smallest absolute Gasteiger partial charge is 0.262 e. The van der Waals surface area contributed by atoms with Gasteiger partial charge in [0.15, 0.2) is 6.10 Å². The van der Waals surface area contributed by atoms with Gasteiger partial charge in [-0.2, -0.15) is 5.10 Å². The van der Waals surface area contributed by atoms with E-state index in [-0.39, 0.29) is 5.91 Å². The quantitative estimate of drug-likeness (QED) is 0.855. The Morgan fingerprint density at radius 1 is 1.44 bits per heavy atom. The molecular weight excluding hydrogens is 338 g/mol. The number of para-hydroxylation sites is 1. The first-order valence-electron chi connectivity index (χ1n) is 8.28. The van der Waals surface area contributed by atoms with Crippen LogP contribution in [0.25, 0.3) is 0 Å². The number of fused-ring (bicyclic) bond motifs is 1. The second kappa shape index (κ2) is 7.93. The van der Waals surface area contributed by atoms with Gasteiger partial charge in [0.1, 0.15) is 5.75 Å². The lowest BCUT2D eigenvalue weighted by molar-refractivity contribution is -0.127. The van der Waals surface area contributed by atoms with Crippen molar-refractivity contribution in [3.8, 4) is 5.75 Å². The molecule has 7 heteroatoms. The normalized spacial score (nSPS) is 16.2. The molecule has 1 aliphatic heterocycles. The Balaban J connectivity index is 1.61. The van der Waals surface area contributed by atoms with Crippen LogP contribution in [0.15, 0.2) is 29.2 Å². The van der Waals surface area contributed by atoms with Crippen LogP contribution in [0, 0.1) is 13.8 Å². The van der Waals surface area contributed by atoms with Gasteiger partial charge in [-0.25, -0.2) is 0 Å². The fraction of sp³-hybridized carbons (Fsp3) is 0.444. The van der Waals surface area contributed by atoms with E-state index in [0.717, 1.165) is 27.6 Å². The number of aryl methyl sites for hydroxylation is 1. The molecule has 1 aliphatic rings. The number of nitrogens with one attached hydrogen (secondary N) is 1. The molecule has 1 atom stereocenters. The maximum absolute atomic E-state index is 12.5. The first-order valence-corrected chi connectivity index (χ1v) is 9.26. The van der Waals surface area contributed by atoms with Gasteiger partial charge in [0.05, 0.1) is 18.8 Å². The number of nitrogens with zero attached hydrogens (tertiary/aromatic N) is 2. The van der Waals surface area contributed by atoms with Crippen LogP contribution in [-0.4, -0.2) is 41.3 Å². The molecule has 1 N–H and O–H groups in total. The Hall–Kier alpha value is -1.99. The largest absolute Gasteiger partial charge is 0.479 e. The molecule has 0 fully saturated rings. The Morgan fingerprint density at radius 2 is 2.24 bits per heavy atom. The highest BCUT2D eigenvalue weighted by Gasteiger charge is 2.26. The summed E-state index contributed by atoms with van der Waals surface area (Å²) in [5.74, 6) is 1.30. The van der Waals surface area contributed by atoms with E-state index in [0.29, 0.717) is 25.4 Å². The maximum atomic E-state index is 12.5. The zero-order valence-electron chi connectivity index (χ0n) is 14.7. The van der Waals surface area contributed by atoms with Crippen molar-refractivity contribution in [2.75, 3.05) is 19.5 Å². The van der Waals surface area contributed by atoms with Crippen molar-refractivity contribution in [2.45, 2.75) is 37.9 Å². The monoisotopic (exact) mass is 361 g/mol. The lowest BCUT2D eigenvalue weighted by atomic mass is 10.2. The van der Waals surface area contributed by atoms with Crippen LogP contribution < -0.4 is 10.1 Å². The molecule has 6 nitrogen and oxygen atoms in total. The zero-order chi connectivity index (χ0) is 17.8. The molecule has 0 saturated heterocycles. The van der Waals surface area contributed by atoms with Gasteiger partial charge in [-0.3, -0.25) is 9.48 Å². The number of carbonyl (C=O) groups excluding carboxylic acids is 1. The molecule has 1 aromatic carbocycles. The van der Waals surface area contributed by atoms with Gasteiger partial charge >= 0.3 is 0 Å². The maximum Gasteiger partial charge on any atom is 0.262 e. The molecule has 25 heavy (non-hydrogen) atoms. The van der Waals surface area contributed by atoms with Gasteiger partial charge < -0.3 is 14.8 Å². The highest BCUT2D eigenvalue weighted by Crippen LogP contribution is 2.34. The number of amides is 1. The van der Waals surface area contributed by atoms with Crippen LogP contribution >= 0.6 is 11.8 Å². The lowest BCUT2D eigenvalue weighted by Crippen LogP contribution is -2.41. The summed E-state index contributed by atoms with van der Waals surface area (Å²) in [7, 11) is 1.67. The van der Waals surface area contributed by atoms with E-state index in [4.69, 9.17) is 9.47 Å². The Morgan fingerprint density at radius 3 is 3.04 bits per heavy atom. The predicted octanol–water partition coefficient (Wildman–Crippen LogP) is 2.32. The van der Waals surface area contributed by atoms with E-state index >= 15 is 0 Å². The van der Waals surface area contributed by atoms with Gasteiger partial charge in [0.25, 0.3) is 5.91 Å². The number of carbonyl (C=O) groups is 1. The third kappa shape index (κ3) is 3.99. The summed E-state index contributed by atoms with van der Waals surface area (Å²) in [6.07, 6.45) is -0.468. The summed E-state index contributed by atoms with van der Waals surface area (Å²) < 4.78 is 12.9. The third-order valence-electron chi connectivity index (χ3n) is 4.28. The minimum atomic E-state index is -0.468. The average Bonchev–Trinajstić information content (AvgIpc) is 2.90. The molecule has 0 unspecified atom stereocenters. The Bertz CT molecular complexity index is 760. The van der Waals surface area contributed by atoms with Gasteiger partial charge in [-0.05, 0) is 26.0 Å². The molecule has 0 radical (unpaired) electrons. The minimum Gasteiger partial charge on any atom is -0.479 e. The van der Waals surface area contributed by atoms with Crippen molar-refractivity contribution in [2.24, 2.45) is 0 Å². The average molecular weight is 361 g/mol. The van der Waals surface area contributed by atoms with E-state index in [9.17, 15) is 4.79 Å². The first kappa shape index (κ1) is 17.8. The number of aromatic nitrogens is 2. The summed E-state index contributed by atoms with van der Waals surface area (Å²) in [5, 5.41) is 7.51. The number of hydrogen-bond acceptors (Lipinski definition) is 5. The molecule has 0 bridgehead atoms. The molecule has 2 aromatic rings. The first-order chi connectivity index (χ1) is 12.1. The standard InChI is InChI=1S/C18H23N3O3S/c1-12-14(13(2)21(20-12)8-9-23-3)10-19-18(22)16-11-25-17-7-5-4-6-15(17)24-16/h4-7,16H,8-11H2,1-3H3,(H,19,22)/t16-/m0/s1. The van der Waals surface area contributed by atoms with Crippen LogP contribution in [0.4, 0.5) is 0 Å². The molecule has 134 valence electrons. The predicted molar refractivity (Wildman–Crippen MR) is 97.0 cm³/mol. The molecule has 0 spiro atoms. The molecule has 3 rings (SSSR count). The van der Waals surface area contributed by atoms with Gasteiger partial charge in [0.2, 0.25) is 0 Å². The fourth-order valence-electron chi connectivity index (χ4n) is 2.82. The zero-order valence-corrected chi connectivity index (χ0v) is 15.6. The number of rotatable bonds is 6. The van der Waals surface area contributed by atoms with Crippen molar-refractivity contribution in [3.63, 3.8) is 0 Å². The highest BCUT2D eigenvalue weighted by molar-refractivity contribution is 7.99. The molecule has 0 aliphatic carbocycles. The molecular formula is C18H23N3O3S. The van der Waals surface area contributed by atoms with Crippen LogP contribution in [0.2, 0.25) is 0 Å². The number of ether oxygens (including phenoxy) is 2. The summed E-state index contributed by atoms with van der Waals surface area (Å²) >= 11 is 1.65. The molecule has 1 amide bonds. The fourth-order valence-corrected chi connectivity index (χ4v) is 3.81. The van der Waals surface area contributed by atoms with E-state index in [1.54, 1.807) is 18.9 Å². The van der Waals surface area contributed by atoms with Crippen molar-refractivity contribution in [1.82, 2.24) is 15.1 Å². The van der Waals surface area contributed by atoms with E-state index in [1.165, 1.54) is 0 Å². The SMILES string of the molecule is COCCn1nc(C)c(CNC(=O)[C@@H]2CSc3ccccc3O2)c1C. The van der Waals surface area contributed by atoms with Crippen molar-refractivity contribution < 1.29 is 14.3 Å². The Kier molecular flexibility index (Phi) is 5.65. The third-order valence-corrected chi connectivity index (χ3v) is 5.40. The van der Waals surface area contributed by atoms with Gasteiger partial charge in [-0.1, -0.05) is 12.1 Å². The van der Waals surface area contributed by atoms with Gasteiger partial charge in [-0.15, -0.1) is 11.8 Å². The number of thioether (sulfide) groups is 1.